The van der Waals surface area contributed by atoms with Crippen LogP contribution in [0.3, 0.4) is 0 Å². The Labute approximate surface area is 163 Å². The maximum absolute atomic E-state index is 5.99. The molecule has 1 aromatic carbocycles. The number of rotatable bonds is 7. The van der Waals surface area contributed by atoms with Crippen molar-refractivity contribution in [3.05, 3.63) is 29.8 Å². The Morgan fingerprint density at radius 1 is 1.33 bits per heavy atom. The van der Waals surface area contributed by atoms with Gasteiger partial charge in [-0.25, -0.2) is 0 Å². The van der Waals surface area contributed by atoms with Crippen molar-refractivity contribution in [1.82, 2.24) is 4.90 Å². The van der Waals surface area contributed by atoms with Crippen molar-refractivity contribution in [2.45, 2.75) is 32.8 Å². The van der Waals surface area contributed by atoms with E-state index < -0.39 is 0 Å². The number of guanidine groups is 1. The highest BCUT2D eigenvalue weighted by Gasteiger charge is 2.14. The van der Waals surface area contributed by atoms with E-state index in [-0.39, 0.29) is 24.0 Å². The maximum Gasteiger partial charge on any atom is 0.193 e. The lowest BCUT2D eigenvalue weighted by molar-refractivity contribution is 0.185. The zero-order chi connectivity index (χ0) is 16.5. The zero-order valence-electron chi connectivity index (χ0n) is 14.8. The summed E-state index contributed by atoms with van der Waals surface area (Å²) in [5, 5.41) is 3.17. The molecule has 0 spiro atoms. The first-order chi connectivity index (χ1) is 11.2. The van der Waals surface area contributed by atoms with Crippen LogP contribution < -0.4 is 11.1 Å². The molecule has 0 bridgehead atoms. The van der Waals surface area contributed by atoms with Gasteiger partial charge in [0.2, 0.25) is 0 Å². The van der Waals surface area contributed by atoms with E-state index in [0.717, 1.165) is 36.7 Å². The number of anilines is 1. The fourth-order valence-corrected chi connectivity index (χ4v) is 2.88. The lowest BCUT2D eigenvalue weighted by Gasteiger charge is -2.29. The van der Waals surface area contributed by atoms with E-state index in [1.807, 2.05) is 24.3 Å². The Balaban J connectivity index is 0.00000288. The van der Waals surface area contributed by atoms with Crippen molar-refractivity contribution in [3.8, 4) is 0 Å². The first-order valence-corrected chi connectivity index (χ1v) is 8.55. The number of hydrogen-bond acceptors (Lipinski definition) is 3. The number of para-hydroxylation sites is 1. The van der Waals surface area contributed by atoms with Gasteiger partial charge in [-0.1, -0.05) is 25.1 Å². The summed E-state index contributed by atoms with van der Waals surface area (Å²) in [6, 6.07) is 7.99. The van der Waals surface area contributed by atoms with Crippen LogP contribution in [-0.4, -0.2) is 44.1 Å². The predicted molar refractivity (Wildman–Crippen MR) is 112 cm³/mol. The molecule has 1 fully saturated rings. The van der Waals surface area contributed by atoms with Crippen LogP contribution in [0.2, 0.25) is 0 Å². The lowest BCUT2D eigenvalue weighted by atomic mass is 9.99. The second-order valence-corrected chi connectivity index (χ2v) is 6.36. The number of ether oxygens (including phenoxy) is 1. The number of nitrogens with one attached hydrogen (secondary N) is 1. The van der Waals surface area contributed by atoms with Crippen molar-refractivity contribution < 1.29 is 4.74 Å². The van der Waals surface area contributed by atoms with Crippen LogP contribution in [0.1, 0.15) is 31.7 Å². The molecule has 136 valence electrons. The Morgan fingerprint density at radius 2 is 2.04 bits per heavy atom. The first-order valence-electron chi connectivity index (χ1n) is 8.55. The quantitative estimate of drug-likeness (QED) is 0.292. The van der Waals surface area contributed by atoms with Crippen LogP contribution >= 0.6 is 24.0 Å². The second kappa shape index (κ2) is 11.7. The Kier molecular flexibility index (Phi) is 10.3. The summed E-state index contributed by atoms with van der Waals surface area (Å²) >= 11 is 0. The molecule has 2 rings (SSSR count). The smallest absolute Gasteiger partial charge is 0.193 e. The van der Waals surface area contributed by atoms with Gasteiger partial charge in [-0.05, 0) is 50.9 Å². The van der Waals surface area contributed by atoms with Gasteiger partial charge >= 0.3 is 0 Å². The highest BCUT2D eigenvalue weighted by Crippen LogP contribution is 2.16. The molecule has 24 heavy (non-hydrogen) atoms. The first kappa shape index (κ1) is 21.2. The maximum atomic E-state index is 5.99. The van der Waals surface area contributed by atoms with Crippen LogP contribution in [0.4, 0.5) is 5.69 Å². The molecule has 0 saturated carbocycles. The summed E-state index contributed by atoms with van der Waals surface area (Å²) in [4.78, 5) is 6.97. The summed E-state index contributed by atoms with van der Waals surface area (Å²) in [6.45, 7) is 7.23. The molecule has 1 aliphatic rings. The number of hydrogen-bond donors (Lipinski definition) is 2. The highest BCUT2D eigenvalue weighted by molar-refractivity contribution is 14.0. The van der Waals surface area contributed by atoms with Gasteiger partial charge < -0.3 is 20.7 Å². The molecule has 1 aromatic rings. The normalized spacial score (nSPS) is 16.7. The van der Waals surface area contributed by atoms with Crippen molar-refractivity contribution in [2.75, 3.05) is 38.6 Å². The predicted octanol–water partition coefficient (Wildman–Crippen LogP) is 3.30. The number of methoxy groups -OCH3 is 1. The largest absolute Gasteiger partial charge is 0.380 e. The number of benzene rings is 1. The summed E-state index contributed by atoms with van der Waals surface area (Å²) < 4.78 is 5.20. The van der Waals surface area contributed by atoms with Crippen LogP contribution in [0.15, 0.2) is 29.3 Å². The van der Waals surface area contributed by atoms with E-state index >= 15 is 0 Å². The molecule has 6 heteroatoms. The van der Waals surface area contributed by atoms with E-state index in [2.05, 4.69) is 22.1 Å². The van der Waals surface area contributed by atoms with Gasteiger partial charge in [-0.2, -0.15) is 0 Å². The van der Waals surface area contributed by atoms with E-state index in [9.17, 15) is 0 Å². The van der Waals surface area contributed by atoms with Crippen molar-refractivity contribution >= 4 is 35.6 Å². The van der Waals surface area contributed by atoms with E-state index in [4.69, 9.17) is 10.5 Å². The van der Waals surface area contributed by atoms with Gasteiger partial charge in [-0.3, -0.25) is 4.99 Å². The summed E-state index contributed by atoms with van der Waals surface area (Å²) in [7, 11) is 1.69. The van der Waals surface area contributed by atoms with E-state index in [1.165, 1.54) is 25.9 Å². The Bertz CT molecular complexity index is 502. The minimum absolute atomic E-state index is 0. The van der Waals surface area contributed by atoms with E-state index in [1.54, 1.807) is 7.11 Å². The third kappa shape index (κ3) is 7.36. The monoisotopic (exact) mass is 446 g/mol. The molecule has 5 nitrogen and oxygen atoms in total. The Morgan fingerprint density at radius 3 is 2.75 bits per heavy atom. The molecule has 1 aliphatic heterocycles. The third-order valence-electron chi connectivity index (χ3n) is 4.37. The zero-order valence-corrected chi connectivity index (χ0v) is 17.2. The standard InChI is InChI=1S/C18H30N4O.HI/c1-15-8-12-22(13-9-15)11-5-10-20-18(19)21-17-7-4-3-6-16(17)14-23-2;/h3-4,6-7,15H,5,8-14H2,1-2H3,(H3,19,20,21);1H. The molecule has 0 aromatic heterocycles. The molecule has 1 heterocycles. The van der Waals surface area contributed by atoms with Crippen LogP contribution in [0, 0.1) is 5.92 Å². The lowest BCUT2D eigenvalue weighted by Crippen LogP contribution is -2.34. The summed E-state index contributed by atoms with van der Waals surface area (Å²) in [5.41, 5.74) is 8.03. The molecule has 0 aliphatic carbocycles. The molecule has 0 radical (unpaired) electrons. The van der Waals surface area contributed by atoms with Crippen LogP contribution in [-0.2, 0) is 11.3 Å². The minimum atomic E-state index is 0. The molecule has 0 atom stereocenters. The van der Waals surface area contributed by atoms with Gasteiger partial charge in [-0.15, -0.1) is 24.0 Å². The molecular formula is C18H31IN4O. The van der Waals surface area contributed by atoms with Gasteiger partial charge in [0.05, 0.1) is 6.61 Å². The van der Waals surface area contributed by atoms with Gasteiger partial charge in [0.25, 0.3) is 0 Å². The minimum Gasteiger partial charge on any atom is -0.380 e. The second-order valence-electron chi connectivity index (χ2n) is 6.36. The topological polar surface area (TPSA) is 62.9 Å². The number of likely N-dealkylation sites (tertiary alicyclic amines) is 1. The average Bonchev–Trinajstić information content (AvgIpc) is 2.55. The fraction of sp³-hybridized carbons (Fsp3) is 0.611. The molecular weight excluding hydrogens is 415 g/mol. The number of piperidine rings is 1. The van der Waals surface area contributed by atoms with Gasteiger partial charge in [0.1, 0.15) is 0 Å². The third-order valence-corrected chi connectivity index (χ3v) is 4.37. The van der Waals surface area contributed by atoms with E-state index in [0.29, 0.717) is 12.6 Å². The molecule has 0 unspecified atom stereocenters. The molecule has 3 N–H and O–H groups in total. The summed E-state index contributed by atoms with van der Waals surface area (Å²) in [6.07, 6.45) is 3.70. The van der Waals surface area contributed by atoms with Crippen LogP contribution in [0.25, 0.3) is 0 Å². The number of aliphatic imine (C=N–C) groups is 1. The van der Waals surface area contributed by atoms with Gasteiger partial charge in [0.15, 0.2) is 5.96 Å². The van der Waals surface area contributed by atoms with Crippen molar-refractivity contribution in [1.29, 1.82) is 0 Å². The SMILES string of the molecule is COCc1ccccc1NC(N)=NCCCN1CCC(C)CC1.I. The van der Waals surface area contributed by atoms with Crippen LogP contribution in [0.5, 0.6) is 0 Å². The molecule has 1 saturated heterocycles. The fourth-order valence-electron chi connectivity index (χ4n) is 2.88. The van der Waals surface area contributed by atoms with Gasteiger partial charge in [0, 0.05) is 24.9 Å². The summed E-state index contributed by atoms with van der Waals surface area (Å²) in [5.74, 6) is 1.36. The number of nitrogens with two attached hydrogens (primary N) is 1. The Hall–Kier alpha value is -0.860. The molecule has 0 amide bonds. The average molecular weight is 446 g/mol. The highest BCUT2D eigenvalue weighted by atomic mass is 127. The number of halogens is 1. The number of nitrogens with zero attached hydrogens (tertiary/aromatic N) is 2. The van der Waals surface area contributed by atoms with Crippen molar-refractivity contribution in [3.63, 3.8) is 0 Å². The van der Waals surface area contributed by atoms with Crippen molar-refractivity contribution in [2.24, 2.45) is 16.6 Å².